The molecule has 7 heteroatoms. The molecule has 1 aliphatic rings. The summed E-state index contributed by atoms with van der Waals surface area (Å²) in [6.07, 6.45) is 0.156. The van der Waals surface area contributed by atoms with Crippen molar-refractivity contribution in [2.75, 3.05) is 6.61 Å². The number of nitrogens with zero attached hydrogens (tertiary/aromatic N) is 1. The molecule has 162 valence electrons. The van der Waals surface area contributed by atoms with Crippen molar-refractivity contribution in [2.24, 2.45) is 0 Å². The summed E-state index contributed by atoms with van der Waals surface area (Å²) in [5.41, 5.74) is 0.0281. The van der Waals surface area contributed by atoms with Gasteiger partial charge in [-0.1, -0.05) is 51.1 Å². The molecule has 1 saturated heterocycles. The molecule has 1 heterocycles. The zero-order valence-corrected chi connectivity index (χ0v) is 19.7. The second-order valence-electron chi connectivity index (χ2n) is 9.55. The predicted molar refractivity (Wildman–Crippen MR) is 115 cm³/mol. The summed E-state index contributed by atoms with van der Waals surface area (Å²) >= 11 is 0. The maximum atomic E-state index is 13.0. The van der Waals surface area contributed by atoms with Crippen molar-refractivity contribution in [3.8, 4) is 0 Å². The van der Waals surface area contributed by atoms with Crippen LogP contribution in [-0.2, 0) is 25.3 Å². The maximum Gasteiger partial charge on any atom is 0.412 e. The van der Waals surface area contributed by atoms with Crippen LogP contribution in [-0.4, -0.2) is 50.1 Å². The van der Waals surface area contributed by atoms with Gasteiger partial charge in [0.25, 0.3) is 0 Å². The molecule has 1 amide bonds. The number of aldehydes is 1. The average Bonchev–Trinajstić information content (AvgIpc) is 2.88. The molecule has 0 aliphatic carbocycles. The standard InChI is InChI=1S/C22H35NO5Si/c1-21(2,3)29(6,7)27-16-18-19(13-14-24)28-22(4,5)23(18)20(25)26-15-17-11-9-8-10-12-17/h8-12,14,18-19H,13,15-16H2,1-7H3/t18-,19-/m0/s1. The lowest BCUT2D eigenvalue weighted by Crippen LogP contribution is -2.52. The van der Waals surface area contributed by atoms with Gasteiger partial charge in [-0.05, 0) is 37.5 Å². The molecular formula is C22H35NO5Si. The second-order valence-corrected chi connectivity index (χ2v) is 14.4. The van der Waals surface area contributed by atoms with Gasteiger partial charge in [0, 0.05) is 6.42 Å². The fourth-order valence-corrected chi connectivity index (χ4v) is 4.23. The van der Waals surface area contributed by atoms with E-state index in [1.807, 2.05) is 44.2 Å². The molecule has 0 unspecified atom stereocenters. The normalized spacial score (nSPS) is 21.8. The van der Waals surface area contributed by atoms with E-state index < -0.39 is 26.2 Å². The van der Waals surface area contributed by atoms with Gasteiger partial charge in [-0.2, -0.15) is 0 Å². The van der Waals surface area contributed by atoms with Crippen LogP contribution < -0.4 is 0 Å². The Labute approximate surface area is 175 Å². The van der Waals surface area contributed by atoms with Crippen LogP contribution in [0.5, 0.6) is 0 Å². The number of hydrogen-bond donors (Lipinski definition) is 0. The highest BCUT2D eigenvalue weighted by atomic mass is 28.4. The Balaban J connectivity index is 2.18. The van der Waals surface area contributed by atoms with Gasteiger partial charge in [0.05, 0.1) is 18.8 Å². The zero-order valence-electron chi connectivity index (χ0n) is 18.7. The van der Waals surface area contributed by atoms with E-state index in [9.17, 15) is 9.59 Å². The lowest BCUT2D eigenvalue weighted by atomic mass is 10.1. The molecule has 2 rings (SSSR count). The zero-order chi connectivity index (χ0) is 21.9. The molecule has 29 heavy (non-hydrogen) atoms. The highest BCUT2D eigenvalue weighted by Crippen LogP contribution is 2.39. The minimum Gasteiger partial charge on any atom is -0.444 e. The van der Waals surface area contributed by atoms with Crippen LogP contribution in [0.2, 0.25) is 18.1 Å². The average molecular weight is 422 g/mol. The number of carbonyl (C=O) groups is 2. The number of hydrogen-bond acceptors (Lipinski definition) is 5. The fourth-order valence-electron chi connectivity index (χ4n) is 3.21. The Morgan fingerprint density at radius 1 is 1.24 bits per heavy atom. The van der Waals surface area contributed by atoms with E-state index in [4.69, 9.17) is 13.9 Å². The summed E-state index contributed by atoms with van der Waals surface area (Å²) in [6, 6.07) is 9.16. The van der Waals surface area contributed by atoms with Crippen LogP contribution in [0.15, 0.2) is 30.3 Å². The van der Waals surface area contributed by atoms with Crippen LogP contribution in [0.3, 0.4) is 0 Å². The van der Waals surface area contributed by atoms with E-state index in [0.717, 1.165) is 11.8 Å². The summed E-state index contributed by atoms with van der Waals surface area (Å²) in [5.74, 6) is 0. The van der Waals surface area contributed by atoms with Gasteiger partial charge in [0.2, 0.25) is 0 Å². The number of carbonyl (C=O) groups excluding carboxylic acids is 2. The van der Waals surface area contributed by atoms with Gasteiger partial charge in [0.15, 0.2) is 8.32 Å². The first kappa shape index (κ1) is 23.6. The minimum atomic E-state index is -2.03. The Hall–Kier alpha value is -1.70. The lowest BCUT2D eigenvalue weighted by molar-refractivity contribution is -0.112. The lowest BCUT2D eigenvalue weighted by Gasteiger charge is -2.39. The quantitative estimate of drug-likeness (QED) is 0.470. The number of benzene rings is 1. The molecule has 0 radical (unpaired) electrons. The molecule has 0 spiro atoms. The van der Waals surface area contributed by atoms with E-state index >= 15 is 0 Å². The van der Waals surface area contributed by atoms with Gasteiger partial charge in [-0.3, -0.25) is 4.90 Å². The summed E-state index contributed by atoms with van der Waals surface area (Å²) in [5, 5.41) is 0.0424. The molecule has 2 atom stereocenters. The Morgan fingerprint density at radius 3 is 2.41 bits per heavy atom. The van der Waals surface area contributed by atoms with Crippen LogP contribution in [0, 0.1) is 0 Å². The van der Waals surface area contributed by atoms with Gasteiger partial charge in [-0.25, -0.2) is 4.79 Å². The predicted octanol–water partition coefficient (Wildman–Crippen LogP) is 4.74. The third kappa shape index (κ3) is 5.68. The van der Waals surface area contributed by atoms with Crippen molar-refractivity contribution in [2.45, 2.75) is 83.6 Å². The first-order chi connectivity index (χ1) is 13.4. The largest absolute Gasteiger partial charge is 0.444 e. The number of amides is 1. The summed E-state index contributed by atoms with van der Waals surface area (Å²) in [6.45, 7) is 15.0. The monoisotopic (exact) mass is 421 g/mol. The Kier molecular flexibility index (Phi) is 7.30. The summed E-state index contributed by atoms with van der Waals surface area (Å²) in [4.78, 5) is 25.8. The van der Waals surface area contributed by atoms with Crippen LogP contribution >= 0.6 is 0 Å². The first-order valence-corrected chi connectivity index (χ1v) is 13.1. The van der Waals surface area contributed by atoms with Crippen molar-refractivity contribution in [3.05, 3.63) is 35.9 Å². The van der Waals surface area contributed by atoms with Crippen molar-refractivity contribution in [3.63, 3.8) is 0 Å². The molecule has 1 aromatic carbocycles. The number of ether oxygens (including phenoxy) is 2. The smallest absolute Gasteiger partial charge is 0.412 e. The number of rotatable bonds is 7. The molecule has 0 aromatic heterocycles. The molecule has 0 N–H and O–H groups in total. The highest BCUT2D eigenvalue weighted by molar-refractivity contribution is 6.74. The van der Waals surface area contributed by atoms with E-state index in [-0.39, 0.29) is 24.1 Å². The second kappa shape index (κ2) is 8.98. The van der Waals surface area contributed by atoms with Crippen molar-refractivity contribution >= 4 is 20.7 Å². The topological polar surface area (TPSA) is 65.1 Å². The molecule has 0 bridgehead atoms. The van der Waals surface area contributed by atoms with E-state index in [2.05, 4.69) is 33.9 Å². The van der Waals surface area contributed by atoms with Gasteiger partial charge < -0.3 is 18.7 Å². The van der Waals surface area contributed by atoms with E-state index in [1.54, 1.807) is 4.90 Å². The third-order valence-corrected chi connectivity index (χ3v) is 10.4. The van der Waals surface area contributed by atoms with Crippen LogP contribution in [0.25, 0.3) is 0 Å². The Bertz CT molecular complexity index is 699. The van der Waals surface area contributed by atoms with Crippen LogP contribution in [0.4, 0.5) is 4.79 Å². The molecule has 1 aliphatic heterocycles. The summed E-state index contributed by atoms with van der Waals surface area (Å²) < 4.78 is 18.0. The fraction of sp³-hybridized carbons (Fsp3) is 0.636. The molecule has 0 saturated carbocycles. The van der Waals surface area contributed by atoms with E-state index in [1.165, 1.54) is 0 Å². The van der Waals surface area contributed by atoms with Crippen molar-refractivity contribution in [1.29, 1.82) is 0 Å². The highest BCUT2D eigenvalue weighted by Gasteiger charge is 2.51. The molecule has 6 nitrogen and oxygen atoms in total. The van der Waals surface area contributed by atoms with Crippen molar-refractivity contribution < 1.29 is 23.5 Å². The van der Waals surface area contributed by atoms with Gasteiger partial charge >= 0.3 is 6.09 Å². The van der Waals surface area contributed by atoms with Gasteiger partial charge in [-0.15, -0.1) is 0 Å². The van der Waals surface area contributed by atoms with Crippen molar-refractivity contribution in [1.82, 2.24) is 4.90 Å². The molecule has 1 fully saturated rings. The maximum absolute atomic E-state index is 13.0. The minimum absolute atomic E-state index is 0.0424. The SMILES string of the molecule is CC1(C)O[C@@H](CC=O)[C@H](CO[Si](C)(C)C(C)(C)C)N1C(=O)OCc1ccccc1. The molecular weight excluding hydrogens is 386 g/mol. The van der Waals surface area contributed by atoms with E-state index in [0.29, 0.717) is 6.61 Å². The first-order valence-electron chi connectivity index (χ1n) is 10.1. The molecule has 1 aromatic rings. The summed E-state index contributed by atoms with van der Waals surface area (Å²) in [7, 11) is -2.03. The van der Waals surface area contributed by atoms with Gasteiger partial charge in [0.1, 0.15) is 18.6 Å². The van der Waals surface area contributed by atoms with Crippen LogP contribution in [0.1, 0.15) is 46.6 Å². The Morgan fingerprint density at radius 2 is 1.86 bits per heavy atom. The third-order valence-electron chi connectivity index (χ3n) is 5.93.